The lowest BCUT2D eigenvalue weighted by Gasteiger charge is -2.19. The van der Waals surface area contributed by atoms with Crippen LogP contribution in [0.1, 0.15) is 64.1 Å². The minimum absolute atomic E-state index is 0.527. The molecule has 1 aromatic heterocycles. The van der Waals surface area contributed by atoms with Gasteiger partial charge in [0.2, 0.25) is 0 Å². The quantitative estimate of drug-likeness (QED) is 0.824. The number of nitrogens with one attached hydrogen (secondary N) is 1. The molecular formula is C17H29N3. The highest BCUT2D eigenvalue weighted by Gasteiger charge is 2.30. The molecule has 1 N–H and O–H groups in total. The maximum absolute atomic E-state index is 4.78. The second-order valence-electron chi connectivity index (χ2n) is 6.88. The molecule has 2 aliphatic rings. The summed E-state index contributed by atoms with van der Waals surface area (Å²) >= 11 is 0. The Morgan fingerprint density at radius 1 is 1.30 bits per heavy atom. The van der Waals surface area contributed by atoms with E-state index in [-0.39, 0.29) is 0 Å². The molecule has 3 atom stereocenters. The lowest BCUT2D eigenvalue weighted by molar-refractivity contribution is 0.359. The molecule has 0 bridgehead atoms. The molecule has 0 radical (unpaired) electrons. The van der Waals surface area contributed by atoms with Crippen LogP contribution in [0.2, 0.25) is 0 Å². The molecule has 20 heavy (non-hydrogen) atoms. The summed E-state index contributed by atoms with van der Waals surface area (Å²) in [6, 6.07) is 3.61. The topological polar surface area (TPSA) is 29.9 Å². The van der Waals surface area contributed by atoms with Gasteiger partial charge >= 0.3 is 0 Å². The summed E-state index contributed by atoms with van der Waals surface area (Å²) in [7, 11) is 0. The van der Waals surface area contributed by atoms with Crippen molar-refractivity contribution in [3.8, 4) is 0 Å². The molecule has 2 aliphatic carbocycles. The summed E-state index contributed by atoms with van der Waals surface area (Å²) in [4.78, 5) is 0. The Labute approximate surface area is 123 Å². The maximum Gasteiger partial charge on any atom is 0.0627 e. The van der Waals surface area contributed by atoms with Gasteiger partial charge in [-0.3, -0.25) is 4.68 Å². The van der Waals surface area contributed by atoms with E-state index in [4.69, 9.17) is 5.10 Å². The Kier molecular flexibility index (Phi) is 4.45. The van der Waals surface area contributed by atoms with E-state index in [2.05, 4.69) is 36.1 Å². The smallest absolute Gasteiger partial charge is 0.0627 e. The van der Waals surface area contributed by atoms with Crippen LogP contribution in [0.4, 0.5) is 0 Å². The molecule has 0 aromatic carbocycles. The van der Waals surface area contributed by atoms with Gasteiger partial charge in [-0.25, -0.2) is 0 Å². The summed E-state index contributed by atoms with van der Waals surface area (Å²) < 4.78 is 2.14. The van der Waals surface area contributed by atoms with Gasteiger partial charge < -0.3 is 5.32 Å². The van der Waals surface area contributed by atoms with E-state index in [1.807, 2.05) is 0 Å². The van der Waals surface area contributed by atoms with E-state index in [1.54, 1.807) is 0 Å². The highest BCUT2D eigenvalue weighted by atomic mass is 15.3. The number of hydrogen-bond acceptors (Lipinski definition) is 2. The van der Waals surface area contributed by atoms with Crippen molar-refractivity contribution in [3.05, 3.63) is 18.0 Å². The first kappa shape index (κ1) is 14.1. The molecule has 3 heteroatoms. The van der Waals surface area contributed by atoms with Crippen molar-refractivity contribution in [1.82, 2.24) is 15.1 Å². The van der Waals surface area contributed by atoms with E-state index in [9.17, 15) is 0 Å². The van der Waals surface area contributed by atoms with Crippen LogP contribution in [0.25, 0.3) is 0 Å². The van der Waals surface area contributed by atoms with Crippen LogP contribution in [-0.4, -0.2) is 22.4 Å². The van der Waals surface area contributed by atoms with Crippen molar-refractivity contribution in [3.63, 3.8) is 0 Å². The second kappa shape index (κ2) is 6.30. The maximum atomic E-state index is 4.78. The Morgan fingerprint density at radius 2 is 2.10 bits per heavy atom. The Bertz CT molecular complexity index is 422. The first-order chi connectivity index (χ1) is 9.76. The SMILES string of the molecule is CCC(C)n1ccc(CC2CCCC2CNC2CC2)n1. The third-order valence-electron chi connectivity index (χ3n) is 5.24. The fraction of sp³-hybridized carbons (Fsp3) is 0.824. The molecule has 0 aliphatic heterocycles. The first-order valence-electron chi connectivity index (χ1n) is 8.53. The molecule has 3 unspecified atom stereocenters. The van der Waals surface area contributed by atoms with Crippen LogP contribution in [0.5, 0.6) is 0 Å². The van der Waals surface area contributed by atoms with Crippen LogP contribution in [0.15, 0.2) is 12.3 Å². The minimum atomic E-state index is 0.527. The number of hydrogen-bond donors (Lipinski definition) is 1. The monoisotopic (exact) mass is 275 g/mol. The predicted octanol–water partition coefficient (Wildman–Crippen LogP) is 3.56. The predicted molar refractivity (Wildman–Crippen MR) is 82.8 cm³/mol. The Hall–Kier alpha value is -0.830. The minimum Gasteiger partial charge on any atom is -0.314 e. The van der Waals surface area contributed by atoms with Crippen molar-refractivity contribution in [1.29, 1.82) is 0 Å². The first-order valence-corrected chi connectivity index (χ1v) is 8.53. The van der Waals surface area contributed by atoms with Gasteiger partial charge in [0.05, 0.1) is 5.69 Å². The lowest BCUT2D eigenvalue weighted by atomic mass is 9.91. The van der Waals surface area contributed by atoms with Gasteiger partial charge in [0, 0.05) is 18.3 Å². The van der Waals surface area contributed by atoms with E-state index in [1.165, 1.54) is 50.8 Å². The van der Waals surface area contributed by atoms with Crippen molar-refractivity contribution < 1.29 is 0 Å². The third-order valence-corrected chi connectivity index (χ3v) is 5.24. The van der Waals surface area contributed by atoms with Crippen LogP contribution in [0.3, 0.4) is 0 Å². The molecule has 1 heterocycles. The van der Waals surface area contributed by atoms with Gasteiger partial charge in [-0.05, 0) is 69.9 Å². The zero-order chi connectivity index (χ0) is 13.9. The van der Waals surface area contributed by atoms with E-state index < -0.39 is 0 Å². The number of rotatable bonds is 7. The van der Waals surface area contributed by atoms with Crippen molar-refractivity contribution in [2.24, 2.45) is 11.8 Å². The van der Waals surface area contributed by atoms with Gasteiger partial charge in [0.15, 0.2) is 0 Å². The van der Waals surface area contributed by atoms with Gasteiger partial charge in [-0.1, -0.05) is 13.3 Å². The van der Waals surface area contributed by atoms with Gasteiger partial charge in [-0.15, -0.1) is 0 Å². The van der Waals surface area contributed by atoms with Gasteiger partial charge in [-0.2, -0.15) is 5.10 Å². The fourth-order valence-corrected chi connectivity index (χ4v) is 3.44. The summed E-state index contributed by atoms with van der Waals surface area (Å²) in [6.45, 7) is 5.71. The summed E-state index contributed by atoms with van der Waals surface area (Å²) in [5, 5.41) is 8.50. The van der Waals surface area contributed by atoms with E-state index in [0.717, 1.165) is 24.3 Å². The van der Waals surface area contributed by atoms with Crippen molar-refractivity contribution in [2.75, 3.05) is 6.54 Å². The fourth-order valence-electron chi connectivity index (χ4n) is 3.44. The summed E-state index contributed by atoms with van der Waals surface area (Å²) in [6.07, 6.45) is 11.5. The molecule has 2 saturated carbocycles. The van der Waals surface area contributed by atoms with Gasteiger partial charge in [0.1, 0.15) is 0 Å². The van der Waals surface area contributed by atoms with E-state index >= 15 is 0 Å². The summed E-state index contributed by atoms with van der Waals surface area (Å²) in [5.41, 5.74) is 1.30. The molecule has 0 amide bonds. The largest absolute Gasteiger partial charge is 0.314 e. The Balaban J connectivity index is 1.53. The van der Waals surface area contributed by atoms with Crippen LogP contribution >= 0.6 is 0 Å². The standard InChI is InChI=1S/C17H29N3/c1-3-13(2)20-10-9-17(19-20)11-14-5-4-6-15(14)12-18-16-7-8-16/h9-10,13-16,18H,3-8,11-12H2,1-2H3. The highest BCUT2D eigenvalue weighted by Crippen LogP contribution is 2.34. The van der Waals surface area contributed by atoms with Crippen LogP contribution in [0, 0.1) is 11.8 Å². The van der Waals surface area contributed by atoms with Crippen molar-refractivity contribution in [2.45, 2.75) is 70.9 Å². The van der Waals surface area contributed by atoms with Crippen LogP contribution in [-0.2, 0) is 6.42 Å². The average molecular weight is 275 g/mol. The van der Waals surface area contributed by atoms with Crippen molar-refractivity contribution >= 4 is 0 Å². The van der Waals surface area contributed by atoms with E-state index in [0.29, 0.717) is 6.04 Å². The Morgan fingerprint density at radius 3 is 2.85 bits per heavy atom. The normalized spacial score (nSPS) is 27.9. The zero-order valence-corrected chi connectivity index (χ0v) is 13.0. The third kappa shape index (κ3) is 3.43. The highest BCUT2D eigenvalue weighted by molar-refractivity contribution is 5.02. The molecule has 2 fully saturated rings. The molecular weight excluding hydrogens is 246 g/mol. The second-order valence-corrected chi connectivity index (χ2v) is 6.88. The average Bonchev–Trinajstić information content (AvgIpc) is 3.00. The van der Waals surface area contributed by atoms with Crippen LogP contribution < -0.4 is 5.32 Å². The molecule has 3 rings (SSSR count). The summed E-state index contributed by atoms with van der Waals surface area (Å²) in [5.74, 6) is 1.73. The lowest BCUT2D eigenvalue weighted by Crippen LogP contribution is -2.27. The molecule has 0 saturated heterocycles. The molecule has 3 nitrogen and oxygen atoms in total. The zero-order valence-electron chi connectivity index (χ0n) is 13.0. The number of aromatic nitrogens is 2. The number of nitrogens with zero attached hydrogens (tertiary/aromatic N) is 2. The van der Waals surface area contributed by atoms with Gasteiger partial charge in [0.25, 0.3) is 0 Å². The molecule has 1 aromatic rings. The molecule has 112 valence electrons. The molecule has 0 spiro atoms.